The van der Waals surface area contributed by atoms with Gasteiger partial charge in [0.25, 0.3) is 5.56 Å². The van der Waals surface area contributed by atoms with Gasteiger partial charge in [0.15, 0.2) is 16.7 Å². The van der Waals surface area contributed by atoms with Crippen molar-refractivity contribution in [3.05, 3.63) is 27.4 Å². The Labute approximate surface area is 171 Å². The predicted molar refractivity (Wildman–Crippen MR) is 95.1 cm³/mol. The minimum atomic E-state index is -5.74. The van der Waals surface area contributed by atoms with E-state index in [1.807, 2.05) is 0 Å². The number of phosphoric ester groups is 1. The number of halogens is 1. The van der Waals surface area contributed by atoms with Gasteiger partial charge in [-0.15, -0.1) is 0 Å². The summed E-state index contributed by atoms with van der Waals surface area (Å²) in [5, 5.41) is 10.1. The van der Waals surface area contributed by atoms with Crippen molar-refractivity contribution in [2.75, 3.05) is 6.61 Å². The van der Waals surface area contributed by atoms with E-state index in [9.17, 15) is 28.5 Å². The fourth-order valence-electron chi connectivity index (χ4n) is 2.43. The van der Waals surface area contributed by atoms with Crippen molar-refractivity contribution in [3.8, 4) is 0 Å². The van der Waals surface area contributed by atoms with Gasteiger partial charge < -0.3 is 29.4 Å². The van der Waals surface area contributed by atoms with E-state index in [4.69, 9.17) is 31.6 Å². The number of alkyl halides is 1. The molecule has 1 saturated heterocycles. The maximum absolute atomic E-state index is 15.0. The van der Waals surface area contributed by atoms with Gasteiger partial charge in [-0.05, 0) is 19.1 Å². The first-order chi connectivity index (χ1) is 13.4. The summed E-state index contributed by atoms with van der Waals surface area (Å²) >= 11 is 4.89. The minimum Gasteiger partial charge on any atom is -0.387 e. The molecule has 0 amide bonds. The summed E-state index contributed by atoms with van der Waals surface area (Å²) in [4.78, 5) is 48.9. The quantitative estimate of drug-likeness (QED) is 0.201. The van der Waals surface area contributed by atoms with Crippen LogP contribution < -0.4 is 5.56 Å². The van der Waals surface area contributed by atoms with Gasteiger partial charge in [-0.3, -0.25) is 18.9 Å². The summed E-state index contributed by atoms with van der Waals surface area (Å²) in [7, 11) is -16.8. The highest BCUT2D eigenvalue weighted by molar-refractivity contribution is 7.71. The molecule has 1 aromatic heterocycles. The van der Waals surface area contributed by atoms with E-state index in [0.717, 1.165) is 23.8 Å². The van der Waals surface area contributed by atoms with Crippen LogP contribution in [0.2, 0.25) is 0 Å². The lowest BCUT2D eigenvalue weighted by molar-refractivity contribution is -0.0594. The number of nitrogens with one attached hydrogen (secondary N) is 1. The van der Waals surface area contributed by atoms with Gasteiger partial charge in [0.1, 0.15) is 12.2 Å². The molecule has 3 unspecified atom stereocenters. The molecular weight excluding hydrogens is 500 g/mol. The molecule has 6 atom stereocenters. The summed E-state index contributed by atoms with van der Waals surface area (Å²) in [5.74, 6) is 0. The molecule has 30 heavy (non-hydrogen) atoms. The fraction of sp³-hybridized carbons (Fsp3) is 0.600. The average Bonchev–Trinajstić information content (AvgIpc) is 2.73. The Morgan fingerprint density at radius 1 is 1.27 bits per heavy atom. The minimum absolute atomic E-state index is 0.253. The Morgan fingerprint density at radius 3 is 2.40 bits per heavy atom. The van der Waals surface area contributed by atoms with Crippen LogP contribution in [0.4, 0.5) is 4.39 Å². The number of aromatic nitrogens is 2. The van der Waals surface area contributed by atoms with Gasteiger partial charge in [-0.1, -0.05) is 0 Å². The van der Waals surface area contributed by atoms with Gasteiger partial charge in [-0.2, -0.15) is 8.62 Å². The first-order valence-electron chi connectivity index (χ1n) is 7.56. The first-order valence-corrected chi connectivity index (χ1v) is 12.5. The molecule has 1 fully saturated rings. The molecule has 1 aromatic rings. The smallest absolute Gasteiger partial charge is 0.387 e. The largest absolute Gasteiger partial charge is 0.490 e. The van der Waals surface area contributed by atoms with Crippen molar-refractivity contribution >= 4 is 35.7 Å². The van der Waals surface area contributed by atoms with Crippen LogP contribution in [0, 0.1) is 4.77 Å². The topological polar surface area (TPSA) is 227 Å². The molecule has 172 valence electrons. The summed E-state index contributed by atoms with van der Waals surface area (Å²) < 4.78 is 66.0. The van der Waals surface area contributed by atoms with Gasteiger partial charge in [0, 0.05) is 12.3 Å². The summed E-state index contributed by atoms with van der Waals surface area (Å²) in [6.07, 6.45) is -4.13. The zero-order valence-corrected chi connectivity index (χ0v) is 18.2. The van der Waals surface area contributed by atoms with Gasteiger partial charge >= 0.3 is 23.5 Å². The normalized spacial score (nSPS) is 31.2. The number of phosphoric acid groups is 3. The summed E-state index contributed by atoms with van der Waals surface area (Å²) in [6.45, 7) is -0.155. The molecule has 0 aliphatic carbocycles. The Kier molecular flexibility index (Phi) is 7.44. The van der Waals surface area contributed by atoms with Crippen molar-refractivity contribution in [2.45, 2.75) is 31.0 Å². The highest BCUT2D eigenvalue weighted by Gasteiger charge is 2.55. The van der Waals surface area contributed by atoms with Crippen molar-refractivity contribution in [2.24, 2.45) is 0 Å². The zero-order valence-electron chi connectivity index (χ0n) is 14.7. The number of aliphatic hydroxyl groups is 1. The highest BCUT2D eigenvalue weighted by atomic mass is 32.1. The van der Waals surface area contributed by atoms with Crippen LogP contribution in [-0.4, -0.2) is 58.7 Å². The molecule has 0 aromatic carbocycles. The van der Waals surface area contributed by atoms with Crippen LogP contribution in [0.1, 0.15) is 13.2 Å². The molecule has 2 heterocycles. The van der Waals surface area contributed by atoms with Crippen LogP contribution in [0.3, 0.4) is 0 Å². The number of nitrogens with zero attached hydrogens (tertiary/aromatic N) is 1. The number of aromatic amines is 1. The second-order valence-corrected chi connectivity index (χ2v) is 10.8. The molecule has 15 nitrogen and oxygen atoms in total. The Hall–Kier alpha value is -0.640. The molecule has 0 spiro atoms. The van der Waals surface area contributed by atoms with Crippen LogP contribution in [-0.2, 0) is 31.6 Å². The van der Waals surface area contributed by atoms with Crippen molar-refractivity contribution in [1.82, 2.24) is 9.55 Å². The SMILES string of the molecule is CC1(F)[C@@H](O)[C@@H](COP(=O)(O)OP(=O)(O)OP(=O)(O)O)O[C@H]1n1ccc(=O)[nH]c1=S. The maximum atomic E-state index is 15.0. The highest BCUT2D eigenvalue weighted by Crippen LogP contribution is 2.66. The number of hydrogen-bond donors (Lipinski definition) is 6. The van der Waals surface area contributed by atoms with Gasteiger partial charge in [0.2, 0.25) is 0 Å². The Balaban J connectivity index is 2.13. The van der Waals surface area contributed by atoms with E-state index in [2.05, 4.69) is 18.1 Å². The van der Waals surface area contributed by atoms with Crippen molar-refractivity contribution in [1.29, 1.82) is 0 Å². The third-order valence-electron chi connectivity index (χ3n) is 3.64. The lowest BCUT2D eigenvalue weighted by Crippen LogP contribution is -2.41. The summed E-state index contributed by atoms with van der Waals surface area (Å²) in [5.41, 5.74) is -3.12. The average molecular weight is 516 g/mol. The number of ether oxygens (including phenoxy) is 1. The van der Waals surface area contributed by atoms with Crippen molar-refractivity contribution in [3.63, 3.8) is 0 Å². The number of rotatable bonds is 8. The van der Waals surface area contributed by atoms with E-state index in [1.165, 1.54) is 0 Å². The van der Waals surface area contributed by atoms with Crippen molar-refractivity contribution < 1.29 is 60.6 Å². The third kappa shape index (κ3) is 6.43. The standard InChI is InChI=1S/C10H16FN2O13P3S/c1-10(11)7(15)5(24-8(10)13-3-2-6(14)12-9(13)30)4-23-28(19,20)26-29(21,22)25-27(16,17)18/h2-3,5,7-8,15H,4H2,1H3,(H,19,20)(H,21,22)(H,12,14,30)(H2,16,17,18)/t5-,7+,8-,10?/m1/s1. The number of H-pyrrole nitrogens is 1. The second kappa shape index (κ2) is 8.71. The van der Waals surface area contributed by atoms with E-state index in [1.54, 1.807) is 0 Å². The molecule has 20 heteroatoms. The molecular formula is C10H16FN2O13P3S. The predicted octanol–water partition coefficient (Wildman–Crippen LogP) is 0.236. The maximum Gasteiger partial charge on any atom is 0.490 e. The monoisotopic (exact) mass is 516 g/mol. The van der Waals surface area contributed by atoms with Crippen LogP contribution >= 0.6 is 35.7 Å². The Morgan fingerprint density at radius 2 is 1.87 bits per heavy atom. The molecule has 0 radical (unpaired) electrons. The van der Waals surface area contributed by atoms with Gasteiger partial charge in [-0.25, -0.2) is 18.1 Å². The molecule has 1 aliphatic heterocycles. The van der Waals surface area contributed by atoms with E-state index < -0.39 is 59.7 Å². The fourth-order valence-corrected chi connectivity index (χ4v) is 5.72. The van der Waals surface area contributed by atoms with E-state index in [-0.39, 0.29) is 4.77 Å². The molecule has 0 saturated carbocycles. The number of hydrogen-bond acceptors (Lipinski definition) is 10. The summed E-state index contributed by atoms with van der Waals surface area (Å²) in [6, 6.07) is 1.00. The zero-order chi connectivity index (χ0) is 23.1. The van der Waals surface area contributed by atoms with Crippen LogP contribution in [0.25, 0.3) is 0 Å². The molecule has 1 aliphatic rings. The third-order valence-corrected chi connectivity index (χ3v) is 7.75. The molecule has 2 rings (SSSR count). The molecule has 0 bridgehead atoms. The second-order valence-electron chi connectivity index (χ2n) is 6.03. The first kappa shape index (κ1) is 25.6. The lowest BCUT2D eigenvalue weighted by Gasteiger charge is -2.25. The van der Waals surface area contributed by atoms with Crippen LogP contribution in [0.15, 0.2) is 17.1 Å². The van der Waals surface area contributed by atoms with Gasteiger partial charge in [0.05, 0.1) is 6.61 Å². The Bertz CT molecular complexity index is 1050. The van der Waals surface area contributed by atoms with E-state index >= 15 is 4.39 Å². The van der Waals surface area contributed by atoms with Crippen LogP contribution in [0.5, 0.6) is 0 Å². The molecule has 6 N–H and O–H groups in total. The number of aliphatic hydroxyl groups excluding tert-OH is 1. The lowest BCUT2D eigenvalue weighted by atomic mass is 9.99. The van der Waals surface area contributed by atoms with E-state index in [0.29, 0.717) is 0 Å².